The zero-order chi connectivity index (χ0) is 13.0. The molecule has 0 spiro atoms. The molecule has 4 nitrogen and oxygen atoms in total. The second kappa shape index (κ2) is 5.82. The van der Waals surface area contributed by atoms with E-state index < -0.39 is 12.0 Å². The molecule has 0 aliphatic rings. The first-order valence-corrected chi connectivity index (χ1v) is 5.94. The zero-order valence-electron chi connectivity index (χ0n) is 9.66. The van der Waals surface area contributed by atoms with Crippen molar-refractivity contribution in [2.75, 3.05) is 0 Å². The van der Waals surface area contributed by atoms with Crippen LogP contribution in [0.25, 0.3) is 0 Å². The molecule has 0 aliphatic heterocycles. The number of carbonyl (C=O) groups excluding carboxylic acids is 1. The minimum atomic E-state index is -0.944. The normalized spacial score (nSPS) is 11.9. The summed E-state index contributed by atoms with van der Waals surface area (Å²) in [6.07, 6.45) is -0.130. The fourth-order valence-electron chi connectivity index (χ4n) is 1.50. The standard InChI is InChI=1S/C12H14BrNO3/c1-7-3-4-9(5-10(7)13)11(6-12(16)17)14-8(2)15/h3-5,11H,6H2,1-2H3,(H,14,15)(H,16,17)/t11-/m0/s1. The molecule has 0 saturated heterocycles. The van der Waals surface area contributed by atoms with Crippen molar-refractivity contribution in [3.8, 4) is 0 Å². The van der Waals surface area contributed by atoms with Gasteiger partial charge in [0.15, 0.2) is 0 Å². The highest BCUT2D eigenvalue weighted by Crippen LogP contribution is 2.23. The number of benzene rings is 1. The van der Waals surface area contributed by atoms with Crippen LogP contribution in [-0.2, 0) is 9.59 Å². The van der Waals surface area contributed by atoms with Crippen molar-refractivity contribution in [2.45, 2.75) is 26.3 Å². The van der Waals surface area contributed by atoms with Gasteiger partial charge in [0.25, 0.3) is 0 Å². The summed E-state index contributed by atoms with van der Waals surface area (Å²) in [5.41, 5.74) is 1.84. The largest absolute Gasteiger partial charge is 0.481 e. The average Bonchev–Trinajstić information content (AvgIpc) is 2.19. The van der Waals surface area contributed by atoms with Crippen molar-refractivity contribution in [1.29, 1.82) is 0 Å². The quantitative estimate of drug-likeness (QED) is 0.897. The Hall–Kier alpha value is -1.36. The van der Waals surface area contributed by atoms with Crippen molar-refractivity contribution < 1.29 is 14.7 Å². The highest BCUT2D eigenvalue weighted by Gasteiger charge is 2.17. The number of carbonyl (C=O) groups is 2. The molecule has 2 N–H and O–H groups in total. The molecule has 0 bridgehead atoms. The smallest absolute Gasteiger partial charge is 0.305 e. The summed E-state index contributed by atoms with van der Waals surface area (Å²) in [7, 11) is 0. The van der Waals surface area contributed by atoms with Crippen molar-refractivity contribution in [3.63, 3.8) is 0 Å². The molecule has 1 aromatic carbocycles. The number of nitrogens with one attached hydrogen (secondary N) is 1. The second-order valence-electron chi connectivity index (χ2n) is 3.86. The van der Waals surface area contributed by atoms with Crippen LogP contribution in [0.15, 0.2) is 22.7 Å². The Morgan fingerprint density at radius 3 is 2.59 bits per heavy atom. The molecule has 1 atom stereocenters. The summed E-state index contributed by atoms with van der Waals surface area (Å²) in [5.74, 6) is -1.19. The Kier molecular flexibility index (Phi) is 4.69. The Morgan fingerprint density at radius 2 is 2.12 bits per heavy atom. The molecule has 0 heterocycles. The van der Waals surface area contributed by atoms with E-state index >= 15 is 0 Å². The molecular weight excluding hydrogens is 286 g/mol. The summed E-state index contributed by atoms with van der Waals surface area (Å²) in [6, 6.07) is 5.04. The Labute approximate surface area is 108 Å². The number of hydrogen-bond donors (Lipinski definition) is 2. The third-order valence-electron chi connectivity index (χ3n) is 2.35. The number of aliphatic carboxylic acids is 1. The lowest BCUT2D eigenvalue weighted by atomic mass is 10.0. The minimum Gasteiger partial charge on any atom is -0.481 e. The average molecular weight is 300 g/mol. The lowest BCUT2D eigenvalue weighted by Crippen LogP contribution is -2.28. The van der Waals surface area contributed by atoms with Gasteiger partial charge in [0.05, 0.1) is 12.5 Å². The molecule has 0 aromatic heterocycles. The van der Waals surface area contributed by atoms with Crippen LogP contribution in [0.1, 0.15) is 30.5 Å². The first-order valence-electron chi connectivity index (χ1n) is 5.15. The summed E-state index contributed by atoms with van der Waals surface area (Å²) >= 11 is 3.39. The molecule has 5 heteroatoms. The van der Waals surface area contributed by atoms with E-state index in [2.05, 4.69) is 21.2 Å². The molecule has 17 heavy (non-hydrogen) atoms. The van der Waals surface area contributed by atoms with Gasteiger partial charge in [-0.1, -0.05) is 28.1 Å². The van der Waals surface area contributed by atoms with E-state index in [4.69, 9.17) is 5.11 Å². The molecule has 0 radical (unpaired) electrons. The third-order valence-corrected chi connectivity index (χ3v) is 3.21. The number of amides is 1. The van der Waals surface area contributed by atoms with Gasteiger partial charge in [-0.25, -0.2) is 0 Å². The molecule has 0 aliphatic carbocycles. The number of carboxylic acids is 1. The molecule has 0 fully saturated rings. The summed E-state index contributed by atoms with van der Waals surface area (Å²) < 4.78 is 0.899. The fourth-order valence-corrected chi connectivity index (χ4v) is 1.89. The van der Waals surface area contributed by atoms with E-state index in [0.29, 0.717) is 0 Å². The molecule has 1 aromatic rings. The molecule has 1 amide bonds. The van der Waals surface area contributed by atoms with Gasteiger partial charge < -0.3 is 10.4 Å². The van der Waals surface area contributed by atoms with Gasteiger partial charge in [-0.3, -0.25) is 9.59 Å². The number of aryl methyl sites for hydroxylation is 1. The maximum atomic E-state index is 11.0. The molecule has 1 rings (SSSR count). The zero-order valence-corrected chi connectivity index (χ0v) is 11.2. The van der Waals surface area contributed by atoms with Gasteiger partial charge in [0.2, 0.25) is 5.91 Å². The number of halogens is 1. The van der Waals surface area contributed by atoms with Gasteiger partial charge >= 0.3 is 5.97 Å². The van der Waals surface area contributed by atoms with Gasteiger partial charge in [0, 0.05) is 11.4 Å². The maximum Gasteiger partial charge on any atom is 0.305 e. The van der Waals surface area contributed by atoms with E-state index in [1.807, 2.05) is 25.1 Å². The highest BCUT2D eigenvalue weighted by molar-refractivity contribution is 9.10. The Morgan fingerprint density at radius 1 is 1.47 bits per heavy atom. The topological polar surface area (TPSA) is 66.4 Å². The lowest BCUT2D eigenvalue weighted by molar-refractivity contribution is -0.137. The van der Waals surface area contributed by atoms with Crippen LogP contribution in [0, 0.1) is 6.92 Å². The van der Waals surface area contributed by atoms with Crippen LogP contribution >= 0.6 is 15.9 Å². The number of carboxylic acid groups (broad SMARTS) is 1. The van der Waals surface area contributed by atoms with Crippen LogP contribution < -0.4 is 5.32 Å². The predicted molar refractivity (Wildman–Crippen MR) is 67.7 cm³/mol. The third kappa shape index (κ3) is 4.19. The maximum absolute atomic E-state index is 11.0. The van der Waals surface area contributed by atoms with Crippen LogP contribution in [0.2, 0.25) is 0 Å². The molecule has 92 valence electrons. The van der Waals surface area contributed by atoms with Gasteiger partial charge in [0.1, 0.15) is 0 Å². The fraction of sp³-hybridized carbons (Fsp3) is 0.333. The Bertz CT molecular complexity index is 429. The van der Waals surface area contributed by atoms with E-state index in [9.17, 15) is 9.59 Å². The number of rotatable bonds is 4. The van der Waals surface area contributed by atoms with Crippen molar-refractivity contribution >= 4 is 27.8 Å². The van der Waals surface area contributed by atoms with Crippen molar-refractivity contribution in [3.05, 3.63) is 33.8 Å². The van der Waals surface area contributed by atoms with Gasteiger partial charge in [-0.15, -0.1) is 0 Å². The lowest BCUT2D eigenvalue weighted by Gasteiger charge is -2.17. The van der Waals surface area contributed by atoms with Crippen LogP contribution in [0.3, 0.4) is 0 Å². The van der Waals surface area contributed by atoms with Gasteiger partial charge in [-0.2, -0.15) is 0 Å². The highest BCUT2D eigenvalue weighted by atomic mass is 79.9. The van der Waals surface area contributed by atoms with Gasteiger partial charge in [-0.05, 0) is 24.1 Å². The molecular formula is C12H14BrNO3. The van der Waals surface area contributed by atoms with E-state index in [-0.39, 0.29) is 12.3 Å². The van der Waals surface area contributed by atoms with Crippen LogP contribution in [0.4, 0.5) is 0 Å². The predicted octanol–water partition coefficient (Wildman–Crippen LogP) is 2.41. The SMILES string of the molecule is CC(=O)N[C@@H](CC(=O)O)c1ccc(C)c(Br)c1. The van der Waals surface area contributed by atoms with E-state index in [1.165, 1.54) is 6.92 Å². The molecule has 0 unspecified atom stereocenters. The van der Waals surface area contributed by atoms with Crippen LogP contribution in [-0.4, -0.2) is 17.0 Å². The first-order chi connectivity index (χ1) is 7.90. The minimum absolute atomic E-state index is 0.130. The Balaban J connectivity index is 2.98. The summed E-state index contributed by atoms with van der Waals surface area (Å²) in [6.45, 7) is 3.32. The summed E-state index contributed by atoms with van der Waals surface area (Å²) in [4.78, 5) is 21.8. The second-order valence-corrected chi connectivity index (χ2v) is 4.71. The molecule has 0 saturated carbocycles. The summed E-state index contributed by atoms with van der Waals surface area (Å²) in [5, 5.41) is 11.5. The van der Waals surface area contributed by atoms with Crippen molar-refractivity contribution in [2.24, 2.45) is 0 Å². The van der Waals surface area contributed by atoms with E-state index in [0.717, 1.165) is 15.6 Å². The van der Waals surface area contributed by atoms with Crippen molar-refractivity contribution in [1.82, 2.24) is 5.32 Å². The van der Waals surface area contributed by atoms with Crippen LogP contribution in [0.5, 0.6) is 0 Å². The monoisotopic (exact) mass is 299 g/mol. The van der Waals surface area contributed by atoms with E-state index in [1.54, 1.807) is 0 Å². The first kappa shape index (κ1) is 13.7. The number of hydrogen-bond acceptors (Lipinski definition) is 2.